The Balaban J connectivity index is 1.95. The van der Waals surface area contributed by atoms with Crippen LogP contribution in [0, 0.1) is 0 Å². The average molecular weight is 270 g/mol. The van der Waals surface area contributed by atoms with E-state index in [-0.39, 0.29) is 6.54 Å². The van der Waals surface area contributed by atoms with Crippen molar-refractivity contribution in [2.75, 3.05) is 6.54 Å². The third-order valence-electron chi connectivity index (χ3n) is 2.68. The highest BCUT2D eigenvalue weighted by atomic mass is 19.4. The minimum Gasteiger partial charge on any atom is -0.382 e. The second kappa shape index (κ2) is 5.54. The van der Waals surface area contributed by atoms with Gasteiger partial charge in [-0.2, -0.15) is 13.2 Å². The third-order valence-corrected chi connectivity index (χ3v) is 2.68. The molecule has 2 aromatic rings. The predicted molar refractivity (Wildman–Crippen MR) is 65.5 cm³/mol. The second-order valence-electron chi connectivity index (χ2n) is 4.18. The first kappa shape index (κ1) is 13.8. The lowest BCUT2D eigenvalue weighted by Crippen LogP contribution is -2.38. The van der Waals surface area contributed by atoms with Crippen LogP contribution in [0.25, 0.3) is 10.9 Å². The number of nitrogens with zero attached hydrogens (tertiary/aromatic N) is 1. The maximum absolute atomic E-state index is 12.1. The first-order valence-corrected chi connectivity index (χ1v) is 5.77. The minimum atomic E-state index is -4.59. The van der Waals surface area contributed by atoms with E-state index in [4.69, 9.17) is 5.11 Å². The van der Waals surface area contributed by atoms with Crippen LogP contribution in [-0.4, -0.2) is 28.9 Å². The number of hydrogen-bond acceptors (Lipinski definition) is 3. The van der Waals surface area contributed by atoms with Crippen molar-refractivity contribution in [3.63, 3.8) is 0 Å². The van der Waals surface area contributed by atoms with Crippen molar-refractivity contribution in [1.82, 2.24) is 10.3 Å². The van der Waals surface area contributed by atoms with Crippen molar-refractivity contribution in [3.8, 4) is 0 Å². The van der Waals surface area contributed by atoms with Crippen LogP contribution >= 0.6 is 0 Å². The number of aliphatic hydroxyl groups is 1. The smallest absolute Gasteiger partial charge is 0.382 e. The van der Waals surface area contributed by atoms with Crippen molar-refractivity contribution in [3.05, 3.63) is 42.1 Å². The molecule has 6 heteroatoms. The molecule has 0 fully saturated rings. The third kappa shape index (κ3) is 3.65. The molecule has 1 aromatic carbocycles. The molecule has 0 aliphatic rings. The molecule has 0 radical (unpaired) electrons. The van der Waals surface area contributed by atoms with Gasteiger partial charge in [0.25, 0.3) is 0 Å². The number of pyridine rings is 1. The van der Waals surface area contributed by atoms with Crippen molar-refractivity contribution >= 4 is 10.9 Å². The van der Waals surface area contributed by atoms with Gasteiger partial charge < -0.3 is 10.4 Å². The molecule has 102 valence electrons. The highest BCUT2D eigenvalue weighted by Gasteiger charge is 2.37. The van der Waals surface area contributed by atoms with Crippen LogP contribution in [-0.2, 0) is 6.54 Å². The summed E-state index contributed by atoms with van der Waals surface area (Å²) in [5, 5.41) is 12.3. The normalized spacial score (nSPS) is 13.7. The quantitative estimate of drug-likeness (QED) is 0.895. The van der Waals surface area contributed by atoms with Crippen molar-refractivity contribution in [2.24, 2.45) is 0 Å². The number of fused-ring (bicyclic) bond motifs is 1. The van der Waals surface area contributed by atoms with Gasteiger partial charge in [0, 0.05) is 18.5 Å². The van der Waals surface area contributed by atoms with E-state index in [1.807, 2.05) is 30.3 Å². The highest BCUT2D eigenvalue weighted by molar-refractivity contribution is 5.78. The molecular weight excluding hydrogens is 257 g/mol. The zero-order valence-electron chi connectivity index (χ0n) is 9.98. The number of hydrogen-bond donors (Lipinski definition) is 2. The molecule has 1 aromatic heterocycles. The van der Waals surface area contributed by atoms with Crippen LogP contribution < -0.4 is 5.32 Å². The fourth-order valence-electron chi connectivity index (χ4n) is 1.66. The Morgan fingerprint density at radius 2 is 1.89 bits per heavy atom. The van der Waals surface area contributed by atoms with Gasteiger partial charge in [-0.25, -0.2) is 0 Å². The number of alkyl halides is 3. The fraction of sp³-hybridized carbons (Fsp3) is 0.308. The number of aromatic nitrogens is 1. The van der Waals surface area contributed by atoms with E-state index < -0.39 is 18.8 Å². The van der Waals surface area contributed by atoms with Crippen molar-refractivity contribution < 1.29 is 18.3 Å². The summed E-state index contributed by atoms with van der Waals surface area (Å²) < 4.78 is 36.2. The van der Waals surface area contributed by atoms with E-state index in [1.54, 1.807) is 6.07 Å². The SMILES string of the molecule is OC(CNCc1ccc2ccccc2n1)C(F)(F)F. The van der Waals surface area contributed by atoms with Crippen LogP contribution in [0.15, 0.2) is 36.4 Å². The van der Waals surface area contributed by atoms with Gasteiger partial charge >= 0.3 is 6.18 Å². The first-order chi connectivity index (χ1) is 8.97. The maximum atomic E-state index is 12.1. The summed E-state index contributed by atoms with van der Waals surface area (Å²) in [6.07, 6.45) is -6.95. The van der Waals surface area contributed by atoms with Gasteiger partial charge in [-0.05, 0) is 12.1 Å². The zero-order valence-corrected chi connectivity index (χ0v) is 9.98. The molecule has 2 N–H and O–H groups in total. The van der Waals surface area contributed by atoms with Crippen LogP contribution in [0.4, 0.5) is 13.2 Å². The molecule has 1 atom stereocenters. The summed E-state index contributed by atoms with van der Waals surface area (Å²) in [7, 11) is 0. The first-order valence-electron chi connectivity index (χ1n) is 5.77. The van der Waals surface area contributed by atoms with Crippen LogP contribution in [0.5, 0.6) is 0 Å². The highest BCUT2D eigenvalue weighted by Crippen LogP contribution is 2.19. The fourth-order valence-corrected chi connectivity index (χ4v) is 1.66. The summed E-state index contributed by atoms with van der Waals surface area (Å²) in [6.45, 7) is -0.365. The Bertz CT molecular complexity index is 557. The van der Waals surface area contributed by atoms with Gasteiger partial charge in [0.2, 0.25) is 0 Å². The lowest BCUT2D eigenvalue weighted by molar-refractivity contribution is -0.201. The lowest BCUT2D eigenvalue weighted by Gasteiger charge is -2.14. The van der Waals surface area contributed by atoms with E-state index in [0.29, 0.717) is 5.69 Å². The monoisotopic (exact) mass is 270 g/mol. The van der Waals surface area contributed by atoms with E-state index >= 15 is 0 Å². The molecule has 1 heterocycles. The standard InChI is InChI=1S/C13H13F3N2O/c14-13(15,16)12(19)8-17-7-10-6-5-9-3-1-2-4-11(9)18-10/h1-6,12,17,19H,7-8H2. The van der Waals surface area contributed by atoms with Crippen LogP contribution in [0.1, 0.15) is 5.69 Å². The van der Waals surface area contributed by atoms with Gasteiger partial charge in [-0.3, -0.25) is 4.98 Å². The number of benzene rings is 1. The Kier molecular flexibility index (Phi) is 4.01. The molecule has 2 rings (SSSR count). The Hall–Kier alpha value is -1.66. The topological polar surface area (TPSA) is 45.1 Å². The van der Waals surface area contributed by atoms with Crippen LogP contribution in [0.2, 0.25) is 0 Å². The Morgan fingerprint density at radius 1 is 1.16 bits per heavy atom. The number of para-hydroxylation sites is 1. The number of nitrogens with one attached hydrogen (secondary N) is 1. The zero-order chi connectivity index (χ0) is 13.9. The van der Waals surface area contributed by atoms with Gasteiger partial charge in [0.15, 0.2) is 6.10 Å². The second-order valence-corrected chi connectivity index (χ2v) is 4.18. The number of rotatable bonds is 4. The molecule has 0 aliphatic heterocycles. The maximum Gasteiger partial charge on any atom is 0.415 e. The number of aliphatic hydroxyl groups excluding tert-OH is 1. The summed E-state index contributed by atoms with van der Waals surface area (Å²) in [5.74, 6) is 0. The summed E-state index contributed by atoms with van der Waals surface area (Å²) in [6, 6.07) is 11.1. The van der Waals surface area contributed by atoms with E-state index in [1.165, 1.54) is 0 Å². The molecular formula is C13H13F3N2O. The van der Waals surface area contributed by atoms with Crippen LogP contribution in [0.3, 0.4) is 0 Å². The van der Waals surface area contributed by atoms with E-state index in [0.717, 1.165) is 10.9 Å². The molecule has 0 aliphatic carbocycles. The van der Waals surface area contributed by atoms with Gasteiger partial charge in [-0.15, -0.1) is 0 Å². The van der Waals surface area contributed by atoms with Crippen molar-refractivity contribution in [2.45, 2.75) is 18.8 Å². The lowest BCUT2D eigenvalue weighted by atomic mass is 10.2. The molecule has 0 spiro atoms. The van der Waals surface area contributed by atoms with Gasteiger partial charge in [0.1, 0.15) is 0 Å². The van der Waals surface area contributed by atoms with Gasteiger partial charge in [-0.1, -0.05) is 24.3 Å². The molecule has 0 bridgehead atoms. The van der Waals surface area contributed by atoms with Gasteiger partial charge in [0.05, 0.1) is 11.2 Å². The molecule has 3 nitrogen and oxygen atoms in total. The van der Waals surface area contributed by atoms with Crippen molar-refractivity contribution in [1.29, 1.82) is 0 Å². The molecule has 19 heavy (non-hydrogen) atoms. The molecule has 0 saturated heterocycles. The Labute approximate surface area is 108 Å². The molecule has 0 amide bonds. The van der Waals surface area contributed by atoms with E-state index in [9.17, 15) is 13.2 Å². The largest absolute Gasteiger partial charge is 0.415 e. The Morgan fingerprint density at radius 3 is 2.63 bits per heavy atom. The average Bonchev–Trinajstić information content (AvgIpc) is 2.37. The predicted octanol–water partition coefficient (Wildman–Crippen LogP) is 2.25. The van der Waals surface area contributed by atoms with E-state index in [2.05, 4.69) is 10.3 Å². The summed E-state index contributed by atoms with van der Waals surface area (Å²) in [5.41, 5.74) is 1.42. The molecule has 0 saturated carbocycles. The molecule has 1 unspecified atom stereocenters. The minimum absolute atomic E-state index is 0.179. The summed E-state index contributed by atoms with van der Waals surface area (Å²) in [4.78, 5) is 4.31. The number of halogens is 3. The summed E-state index contributed by atoms with van der Waals surface area (Å²) >= 11 is 0.